The summed E-state index contributed by atoms with van der Waals surface area (Å²) in [6, 6.07) is 12.3. The molecule has 16 heavy (non-hydrogen) atoms. The SMILES string of the molecule is CNC(C)c1ccc(-c2ccccc2Br)o1. The molecule has 0 bridgehead atoms. The van der Waals surface area contributed by atoms with Crippen molar-refractivity contribution >= 4 is 15.9 Å². The number of furan rings is 1. The largest absolute Gasteiger partial charge is 0.459 e. The fraction of sp³-hybridized carbons (Fsp3) is 0.231. The van der Waals surface area contributed by atoms with Gasteiger partial charge in [0.25, 0.3) is 0 Å². The summed E-state index contributed by atoms with van der Waals surface area (Å²) in [5, 5.41) is 3.16. The first-order chi connectivity index (χ1) is 7.72. The van der Waals surface area contributed by atoms with Crippen molar-refractivity contribution in [1.29, 1.82) is 0 Å². The molecular weight excluding hydrogens is 266 g/mol. The predicted octanol–water partition coefficient (Wildman–Crippen LogP) is 3.99. The summed E-state index contributed by atoms with van der Waals surface area (Å²) < 4.78 is 6.86. The summed E-state index contributed by atoms with van der Waals surface area (Å²) in [5.41, 5.74) is 1.08. The van der Waals surface area contributed by atoms with E-state index in [1.165, 1.54) is 0 Å². The Labute approximate surface area is 104 Å². The normalized spacial score (nSPS) is 12.7. The van der Waals surface area contributed by atoms with E-state index in [0.29, 0.717) is 0 Å². The molecule has 1 heterocycles. The lowest BCUT2D eigenvalue weighted by Gasteiger charge is -2.06. The van der Waals surface area contributed by atoms with Gasteiger partial charge >= 0.3 is 0 Å². The quantitative estimate of drug-likeness (QED) is 0.919. The molecule has 0 saturated heterocycles. The van der Waals surface area contributed by atoms with Gasteiger partial charge in [-0.3, -0.25) is 0 Å². The van der Waals surface area contributed by atoms with Crippen LogP contribution in [0, 0.1) is 0 Å². The van der Waals surface area contributed by atoms with Gasteiger partial charge in [-0.05, 0) is 32.2 Å². The van der Waals surface area contributed by atoms with Crippen molar-refractivity contribution in [3.05, 3.63) is 46.6 Å². The molecule has 1 unspecified atom stereocenters. The molecule has 0 amide bonds. The van der Waals surface area contributed by atoms with Crippen molar-refractivity contribution < 1.29 is 4.42 Å². The van der Waals surface area contributed by atoms with E-state index in [9.17, 15) is 0 Å². The Morgan fingerprint density at radius 1 is 1.19 bits per heavy atom. The summed E-state index contributed by atoms with van der Waals surface area (Å²) in [6.07, 6.45) is 0. The molecule has 0 aliphatic carbocycles. The maximum atomic E-state index is 5.81. The molecule has 0 saturated carbocycles. The highest BCUT2D eigenvalue weighted by Gasteiger charge is 2.10. The Hall–Kier alpha value is -1.06. The monoisotopic (exact) mass is 279 g/mol. The van der Waals surface area contributed by atoms with Crippen molar-refractivity contribution in [1.82, 2.24) is 5.32 Å². The maximum Gasteiger partial charge on any atom is 0.135 e. The van der Waals surface area contributed by atoms with E-state index >= 15 is 0 Å². The number of hydrogen-bond donors (Lipinski definition) is 1. The van der Waals surface area contributed by atoms with Crippen LogP contribution in [0.1, 0.15) is 18.7 Å². The van der Waals surface area contributed by atoms with Gasteiger partial charge in [0.05, 0.1) is 6.04 Å². The molecule has 0 fully saturated rings. The summed E-state index contributed by atoms with van der Waals surface area (Å²) in [7, 11) is 1.92. The highest BCUT2D eigenvalue weighted by Crippen LogP contribution is 2.30. The Balaban J connectivity index is 2.35. The van der Waals surface area contributed by atoms with Crippen LogP contribution in [0.5, 0.6) is 0 Å². The van der Waals surface area contributed by atoms with Crippen molar-refractivity contribution in [3.8, 4) is 11.3 Å². The molecule has 1 aromatic carbocycles. The zero-order valence-corrected chi connectivity index (χ0v) is 10.9. The van der Waals surface area contributed by atoms with Gasteiger partial charge in [0.1, 0.15) is 11.5 Å². The van der Waals surface area contributed by atoms with Gasteiger partial charge in [0, 0.05) is 10.0 Å². The van der Waals surface area contributed by atoms with E-state index in [4.69, 9.17) is 4.42 Å². The van der Waals surface area contributed by atoms with Crippen molar-refractivity contribution in [2.24, 2.45) is 0 Å². The molecule has 1 N–H and O–H groups in total. The molecule has 2 aromatic rings. The van der Waals surface area contributed by atoms with E-state index < -0.39 is 0 Å². The Morgan fingerprint density at radius 2 is 1.94 bits per heavy atom. The van der Waals surface area contributed by atoms with Crippen molar-refractivity contribution in [3.63, 3.8) is 0 Å². The molecular formula is C13H14BrNO. The molecule has 1 atom stereocenters. The molecule has 1 aromatic heterocycles. The van der Waals surface area contributed by atoms with Gasteiger partial charge in [0.2, 0.25) is 0 Å². The van der Waals surface area contributed by atoms with E-state index in [-0.39, 0.29) is 6.04 Å². The summed E-state index contributed by atoms with van der Waals surface area (Å²) in [4.78, 5) is 0. The smallest absolute Gasteiger partial charge is 0.135 e. The minimum atomic E-state index is 0.233. The van der Waals surface area contributed by atoms with E-state index in [0.717, 1.165) is 21.6 Å². The van der Waals surface area contributed by atoms with E-state index in [2.05, 4.69) is 28.2 Å². The van der Waals surface area contributed by atoms with Crippen molar-refractivity contribution in [2.75, 3.05) is 7.05 Å². The summed E-state index contributed by atoms with van der Waals surface area (Å²) in [5.74, 6) is 1.85. The number of nitrogens with one attached hydrogen (secondary N) is 1. The highest BCUT2D eigenvalue weighted by molar-refractivity contribution is 9.10. The van der Waals surface area contributed by atoms with E-state index in [1.807, 2.05) is 43.4 Å². The van der Waals surface area contributed by atoms with Gasteiger partial charge in [-0.2, -0.15) is 0 Å². The number of rotatable bonds is 3. The maximum absolute atomic E-state index is 5.81. The minimum absolute atomic E-state index is 0.233. The van der Waals surface area contributed by atoms with E-state index in [1.54, 1.807) is 0 Å². The minimum Gasteiger partial charge on any atom is -0.459 e. The first-order valence-corrected chi connectivity index (χ1v) is 6.03. The van der Waals surface area contributed by atoms with Crippen LogP contribution in [0.15, 0.2) is 45.3 Å². The molecule has 3 heteroatoms. The third-order valence-corrected chi connectivity index (χ3v) is 3.32. The average Bonchev–Trinajstić information content (AvgIpc) is 2.78. The number of hydrogen-bond acceptors (Lipinski definition) is 2. The molecule has 0 aliphatic rings. The first-order valence-electron chi connectivity index (χ1n) is 5.24. The van der Waals surface area contributed by atoms with Gasteiger partial charge in [-0.1, -0.05) is 34.1 Å². The molecule has 84 valence electrons. The highest BCUT2D eigenvalue weighted by atomic mass is 79.9. The standard InChI is InChI=1S/C13H14BrNO/c1-9(15-2)12-7-8-13(16-12)10-5-3-4-6-11(10)14/h3-9,15H,1-2H3. The Bertz CT molecular complexity index is 478. The van der Waals surface area contributed by atoms with Crippen LogP contribution in [0.3, 0.4) is 0 Å². The Kier molecular flexibility index (Phi) is 3.46. The first kappa shape index (κ1) is 11.4. The molecule has 2 nitrogen and oxygen atoms in total. The fourth-order valence-corrected chi connectivity index (χ4v) is 2.01. The second kappa shape index (κ2) is 4.85. The van der Waals surface area contributed by atoms with Crippen LogP contribution in [-0.4, -0.2) is 7.05 Å². The predicted molar refractivity (Wildman–Crippen MR) is 69.3 cm³/mol. The van der Waals surface area contributed by atoms with Gasteiger partial charge < -0.3 is 9.73 Å². The zero-order valence-electron chi connectivity index (χ0n) is 9.33. The van der Waals surface area contributed by atoms with Crippen LogP contribution in [0.4, 0.5) is 0 Å². The molecule has 0 radical (unpaired) electrons. The number of halogens is 1. The van der Waals surface area contributed by atoms with Gasteiger partial charge in [0.15, 0.2) is 0 Å². The van der Waals surface area contributed by atoms with Crippen LogP contribution in [-0.2, 0) is 0 Å². The topological polar surface area (TPSA) is 25.2 Å². The fourth-order valence-electron chi connectivity index (χ4n) is 1.53. The lowest BCUT2D eigenvalue weighted by Crippen LogP contribution is -2.10. The van der Waals surface area contributed by atoms with Crippen LogP contribution in [0.25, 0.3) is 11.3 Å². The van der Waals surface area contributed by atoms with Crippen LogP contribution in [0.2, 0.25) is 0 Å². The van der Waals surface area contributed by atoms with Crippen LogP contribution < -0.4 is 5.32 Å². The Morgan fingerprint density at radius 3 is 2.62 bits per heavy atom. The lowest BCUT2D eigenvalue weighted by molar-refractivity contribution is 0.458. The third-order valence-electron chi connectivity index (χ3n) is 2.63. The zero-order chi connectivity index (χ0) is 11.5. The molecule has 2 rings (SSSR count). The van der Waals surface area contributed by atoms with Gasteiger partial charge in [-0.25, -0.2) is 0 Å². The molecule has 0 aliphatic heterocycles. The summed E-state index contributed by atoms with van der Waals surface area (Å²) >= 11 is 3.52. The van der Waals surface area contributed by atoms with Gasteiger partial charge in [-0.15, -0.1) is 0 Å². The summed E-state index contributed by atoms with van der Waals surface area (Å²) in [6.45, 7) is 2.07. The second-order valence-electron chi connectivity index (χ2n) is 3.69. The third kappa shape index (κ3) is 2.20. The average molecular weight is 280 g/mol. The van der Waals surface area contributed by atoms with Crippen molar-refractivity contribution in [2.45, 2.75) is 13.0 Å². The lowest BCUT2D eigenvalue weighted by atomic mass is 10.2. The molecule has 0 spiro atoms. The number of benzene rings is 1. The second-order valence-corrected chi connectivity index (χ2v) is 4.55. The van der Waals surface area contributed by atoms with Crippen LogP contribution >= 0.6 is 15.9 Å².